The van der Waals surface area contributed by atoms with E-state index in [1.807, 2.05) is 16.7 Å². The molecule has 132 valence electrons. The quantitative estimate of drug-likeness (QED) is 0.525. The third kappa shape index (κ3) is 2.46. The maximum absolute atomic E-state index is 11.9. The molecule has 0 radical (unpaired) electrons. The van der Waals surface area contributed by atoms with Gasteiger partial charge < -0.3 is 10.3 Å². The second-order valence-electron chi connectivity index (χ2n) is 6.41. The molecule has 3 N–H and O–H groups in total. The van der Waals surface area contributed by atoms with E-state index in [0.29, 0.717) is 16.7 Å². The van der Waals surface area contributed by atoms with Crippen LogP contribution in [-0.2, 0) is 0 Å². The number of carbonyl (C=O) groups excluding carboxylic acids is 1. The van der Waals surface area contributed by atoms with Crippen molar-refractivity contribution in [3.8, 4) is 5.69 Å². The van der Waals surface area contributed by atoms with Crippen LogP contribution in [0.5, 0.6) is 0 Å². The molecular formula is C18H18N6O2. The second-order valence-corrected chi connectivity index (χ2v) is 6.41. The van der Waals surface area contributed by atoms with Crippen molar-refractivity contribution in [1.82, 2.24) is 29.8 Å². The zero-order valence-electron chi connectivity index (χ0n) is 14.6. The monoisotopic (exact) mass is 350 g/mol. The SMILES string of the molecule is CNC(=O)c1ccc2c(c1)nc(C(C)C)n2-c1cnc2[nH]c(=O)[nH]c2c1. The maximum atomic E-state index is 11.9. The Balaban J connectivity index is 1.97. The molecule has 0 bridgehead atoms. The van der Waals surface area contributed by atoms with Crippen molar-refractivity contribution in [3.05, 3.63) is 52.3 Å². The van der Waals surface area contributed by atoms with Crippen molar-refractivity contribution in [1.29, 1.82) is 0 Å². The lowest BCUT2D eigenvalue weighted by Crippen LogP contribution is -2.17. The number of nitrogens with one attached hydrogen (secondary N) is 3. The average Bonchev–Trinajstić information content (AvgIpc) is 3.19. The largest absolute Gasteiger partial charge is 0.355 e. The van der Waals surface area contributed by atoms with Gasteiger partial charge in [-0.1, -0.05) is 13.8 Å². The lowest BCUT2D eigenvalue weighted by atomic mass is 10.2. The van der Waals surface area contributed by atoms with Crippen LogP contribution in [0.25, 0.3) is 27.9 Å². The lowest BCUT2D eigenvalue weighted by Gasteiger charge is -2.11. The first-order valence-corrected chi connectivity index (χ1v) is 8.31. The maximum Gasteiger partial charge on any atom is 0.325 e. The number of carbonyl (C=O) groups is 1. The number of aromatic nitrogens is 5. The Morgan fingerprint density at radius 1 is 1.23 bits per heavy atom. The van der Waals surface area contributed by atoms with E-state index >= 15 is 0 Å². The Hall–Kier alpha value is -3.42. The van der Waals surface area contributed by atoms with Crippen molar-refractivity contribution in [2.24, 2.45) is 0 Å². The molecule has 26 heavy (non-hydrogen) atoms. The highest BCUT2D eigenvalue weighted by Gasteiger charge is 2.17. The van der Waals surface area contributed by atoms with Crippen molar-refractivity contribution >= 4 is 28.1 Å². The third-order valence-corrected chi connectivity index (χ3v) is 4.30. The van der Waals surface area contributed by atoms with Crippen LogP contribution < -0.4 is 11.0 Å². The molecule has 0 aliphatic rings. The summed E-state index contributed by atoms with van der Waals surface area (Å²) in [5.74, 6) is 0.862. The van der Waals surface area contributed by atoms with Crippen LogP contribution in [0.15, 0.2) is 35.3 Å². The standard InChI is InChI=1S/C18H18N6O2/c1-9(2)16-21-12-6-10(17(25)19-3)4-5-14(12)24(16)11-7-13-15(20-8-11)23-18(26)22-13/h4-9H,1-3H3,(H,19,25)(H2,20,22,23,26). The van der Waals surface area contributed by atoms with Crippen LogP contribution in [0.4, 0.5) is 0 Å². The highest BCUT2D eigenvalue weighted by molar-refractivity contribution is 5.97. The van der Waals surface area contributed by atoms with E-state index in [2.05, 4.69) is 34.1 Å². The summed E-state index contributed by atoms with van der Waals surface area (Å²) in [5, 5.41) is 2.62. The Kier molecular flexibility index (Phi) is 3.61. The predicted molar refractivity (Wildman–Crippen MR) is 98.8 cm³/mol. The molecule has 8 heteroatoms. The van der Waals surface area contributed by atoms with Crippen LogP contribution in [0.1, 0.15) is 35.9 Å². The average molecular weight is 350 g/mol. The van der Waals surface area contributed by atoms with E-state index in [1.165, 1.54) is 0 Å². The minimum Gasteiger partial charge on any atom is -0.355 e. The minimum absolute atomic E-state index is 0.152. The fourth-order valence-electron chi connectivity index (χ4n) is 3.08. The highest BCUT2D eigenvalue weighted by atomic mass is 16.1. The zero-order chi connectivity index (χ0) is 18.4. The molecule has 1 aromatic carbocycles. The molecule has 0 fully saturated rings. The van der Waals surface area contributed by atoms with Crippen LogP contribution in [0, 0.1) is 0 Å². The summed E-state index contributed by atoms with van der Waals surface area (Å²) in [4.78, 5) is 37.8. The van der Waals surface area contributed by atoms with Gasteiger partial charge in [0, 0.05) is 18.5 Å². The van der Waals surface area contributed by atoms with Crippen LogP contribution >= 0.6 is 0 Å². The first-order chi connectivity index (χ1) is 12.5. The second kappa shape index (κ2) is 5.83. The van der Waals surface area contributed by atoms with Gasteiger partial charge in [0.05, 0.1) is 28.4 Å². The highest BCUT2D eigenvalue weighted by Crippen LogP contribution is 2.27. The first-order valence-electron chi connectivity index (χ1n) is 8.31. The predicted octanol–water partition coefficient (Wildman–Crippen LogP) is 2.07. The van der Waals surface area contributed by atoms with E-state index < -0.39 is 0 Å². The number of H-pyrrole nitrogens is 2. The van der Waals surface area contributed by atoms with E-state index in [4.69, 9.17) is 4.98 Å². The van der Waals surface area contributed by atoms with E-state index in [0.717, 1.165) is 22.5 Å². The fourth-order valence-corrected chi connectivity index (χ4v) is 3.08. The van der Waals surface area contributed by atoms with Gasteiger partial charge in [0.2, 0.25) is 0 Å². The van der Waals surface area contributed by atoms with Gasteiger partial charge in [-0.25, -0.2) is 14.8 Å². The van der Waals surface area contributed by atoms with Gasteiger partial charge in [0.15, 0.2) is 5.65 Å². The first kappa shape index (κ1) is 16.1. The summed E-state index contributed by atoms with van der Waals surface area (Å²) in [6, 6.07) is 7.29. The van der Waals surface area contributed by atoms with Crippen molar-refractivity contribution in [2.75, 3.05) is 7.05 Å². The molecule has 3 aromatic heterocycles. The summed E-state index contributed by atoms with van der Waals surface area (Å²) in [5.41, 5.74) is 3.81. The third-order valence-electron chi connectivity index (χ3n) is 4.30. The van der Waals surface area contributed by atoms with Crippen LogP contribution in [0.3, 0.4) is 0 Å². The number of fused-ring (bicyclic) bond motifs is 2. The summed E-state index contributed by atoms with van der Waals surface area (Å²) in [6.07, 6.45) is 1.70. The Morgan fingerprint density at radius 2 is 2.04 bits per heavy atom. The summed E-state index contributed by atoms with van der Waals surface area (Å²) >= 11 is 0. The van der Waals surface area contributed by atoms with Gasteiger partial charge in [0.25, 0.3) is 5.91 Å². The topological polar surface area (TPSA) is 108 Å². The van der Waals surface area contributed by atoms with Gasteiger partial charge >= 0.3 is 5.69 Å². The molecule has 0 saturated heterocycles. The van der Waals surface area contributed by atoms with Crippen LogP contribution in [-0.4, -0.2) is 37.5 Å². The van der Waals surface area contributed by atoms with Crippen LogP contribution in [0.2, 0.25) is 0 Å². The van der Waals surface area contributed by atoms with E-state index in [9.17, 15) is 9.59 Å². The molecule has 0 unspecified atom stereocenters. The normalized spacial score (nSPS) is 11.5. The van der Waals surface area contributed by atoms with Gasteiger partial charge in [-0.3, -0.25) is 14.3 Å². The van der Waals surface area contributed by atoms with Gasteiger partial charge in [-0.2, -0.15) is 0 Å². The smallest absolute Gasteiger partial charge is 0.325 e. The molecule has 4 aromatic rings. The number of nitrogens with zero attached hydrogens (tertiary/aromatic N) is 3. The number of aromatic amines is 2. The molecule has 8 nitrogen and oxygen atoms in total. The molecule has 4 rings (SSSR count). The molecule has 0 saturated carbocycles. The molecule has 1 amide bonds. The molecule has 0 spiro atoms. The Bertz CT molecular complexity index is 1200. The summed E-state index contributed by atoms with van der Waals surface area (Å²) in [6.45, 7) is 4.11. The van der Waals surface area contributed by atoms with Crippen molar-refractivity contribution in [2.45, 2.75) is 19.8 Å². The number of amides is 1. The fraction of sp³-hybridized carbons (Fsp3) is 0.222. The molecular weight excluding hydrogens is 332 g/mol. The number of pyridine rings is 1. The summed E-state index contributed by atoms with van der Waals surface area (Å²) < 4.78 is 2.01. The zero-order valence-corrected chi connectivity index (χ0v) is 14.6. The molecule has 0 atom stereocenters. The van der Waals surface area contributed by atoms with Gasteiger partial charge in [-0.05, 0) is 24.3 Å². The minimum atomic E-state index is -0.292. The Morgan fingerprint density at radius 3 is 2.77 bits per heavy atom. The van der Waals surface area contributed by atoms with Crippen molar-refractivity contribution in [3.63, 3.8) is 0 Å². The molecule has 0 aliphatic carbocycles. The molecule has 3 heterocycles. The van der Waals surface area contributed by atoms with Crippen molar-refractivity contribution < 1.29 is 4.79 Å². The lowest BCUT2D eigenvalue weighted by molar-refractivity contribution is 0.0963. The number of hydrogen-bond donors (Lipinski definition) is 3. The van der Waals surface area contributed by atoms with Gasteiger partial charge in [-0.15, -0.1) is 0 Å². The Labute approximate surface area is 148 Å². The number of rotatable bonds is 3. The molecule has 0 aliphatic heterocycles. The van der Waals surface area contributed by atoms with Gasteiger partial charge in [0.1, 0.15) is 5.82 Å². The number of imidazole rings is 2. The number of hydrogen-bond acceptors (Lipinski definition) is 4. The van der Waals surface area contributed by atoms with E-state index in [-0.39, 0.29) is 17.5 Å². The van der Waals surface area contributed by atoms with E-state index in [1.54, 1.807) is 25.4 Å². The summed E-state index contributed by atoms with van der Waals surface area (Å²) in [7, 11) is 1.60. The number of benzene rings is 1.